The van der Waals surface area contributed by atoms with Crippen molar-refractivity contribution in [1.29, 1.82) is 0 Å². The van der Waals surface area contributed by atoms with Gasteiger partial charge in [-0.2, -0.15) is 4.98 Å². The molecule has 0 spiro atoms. The number of nitrogens with one attached hydrogen (secondary N) is 1. The molecule has 0 atom stereocenters. The SMILES string of the molecule is COc1ccc(NC(=O)CSc2nc3nc(C)c(Cc4c(F)cccc4Cl)c(C)n3n2)cc1OC. The molecule has 0 aliphatic carbocycles. The Balaban J connectivity index is 1.49. The average Bonchev–Trinajstić information content (AvgIpc) is 3.25. The van der Waals surface area contributed by atoms with Gasteiger partial charge in [0, 0.05) is 40.1 Å². The van der Waals surface area contributed by atoms with Crippen molar-refractivity contribution < 1.29 is 18.7 Å². The number of carbonyl (C=O) groups excluding carboxylic acids is 1. The second-order valence-electron chi connectivity index (χ2n) is 7.65. The lowest BCUT2D eigenvalue weighted by Crippen LogP contribution is -2.14. The predicted molar refractivity (Wildman–Crippen MR) is 133 cm³/mol. The normalized spacial score (nSPS) is 11.0. The number of aryl methyl sites for hydroxylation is 2. The number of hydrogen-bond acceptors (Lipinski definition) is 7. The first-order valence-corrected chi connectivity index (χ1v) is 12.0. The number of halogens is 2. The molecule has 1 amide bonds. The second kappa shape index (κ2) is 10.5. The van der Waals surface area contributed by atoms with E-state index in [4.69, 9.17) is 21.1 Å². The van der Waals surface area contributed by atoms with Crippen LogP contribution in [0.3, 0.4) is 0 Å². The van der Waals surface area contributed by atoms with E-state index in [0.29, 0.717) is 44.4 Å². The molecule has 2 aromatic heterocycles. The number of benzene rings is 2. The maximum atomic E-state index is 14.3. The molecule has 1 N–H and O–H groups in total. The van der Waals surface area contributed by atoms with E-state index in [0.717, 1.165) is 11.3 Å². The van der Waals surface area contributed by atoms with E-state index in [1.165, 1.54) is 24.9 Å². The van der Waals surface area contributed by atoms with Crippen LogP contribution in [0.1, 0.15) is 22.5 Å². The summed E-state index contributed by atoms with van der Waals surface area (Å²) in [5.74, 6) is 1.00. The number of thioether (sulfide) groups is 1. The van der Waals surface area contributed by atoms with E-state index in [-0.39, 0.29) is 23.9 Å². The van der Waals surface area contributed by atoms with E-state index < -0.39 is 0 Å². The Bertz CT molecular complexity index is 1390. The first kappa shape index (κ1) is 24.7. The number of nitrogens with zero attached hydrogens (tertiary/aromatic N) is 4. The van der Waals surface area contributed by atoms with Gasteiger partial charge in [0.05, 0.1) is 20.0 Å². The smallest absolute Gasteiger partial charge is 0.253 e. The number of carbonyl (C=O) groups is 1. The van der Waals surface area contributed by atoms with E-state index in [9.17, 15) is 9.18 Å². The fourth-order valence-corrected chi connectivity index (χ4v) is 4.47. The maximum Gasteiger partial charge on any atom is 0.253 e. The molecule has 4 aromatic rings. The molecule has 4 rings (SSSR count). The number of aromatic nitrogens is 4. The number of rotatable bonds is 8. The van der Waals surface area contributed by atoms with Gasteiger partial charge in [-0.15, -0.1) is 5.10 Å². The van der Waals surface area contributed by atoms with Crippen LogP contribution in [-0.4, -0.2) is 45.5 Å². The molecule has 0 radical (unpaired) electrons. The molecule has 0 saturated heterocycles. The first-order valence-electron chi connectivity index (χ1n) is 10.6. The standard InChI is InChI=1S/C24H23ClFN5O3S/c1-13-16(11-17-18(25)6-5-7-19(17)26)14(2)31-23(27-13)29-24(30-31)35-12-22(32)28-15-8-9-20(33-3)21(10-15)34-4/h5-10H,11-12H2,1-4H3,(H,28,32). The summed E-state index contributed by atoms with van der Waals surface area (Å²) in [6.45, 7) is 3.72. The van der Waals surface area contributed by atoms with Crippen molar-refractivity contribution in [1.82, 2.24) is 19.6 Å². The van der Waals surface area contributed by atoms with Gasteiger partial charge in [0.2, 0.25) is 11.1 Å². The number of amides is 1. The van der Waals surface area contributed by atoms with Crippen molar-refractivity contribution in [2.45, 2.75) is 25.4 Å². The summed E-state index contributed by atoms with van der Waals surface area (Å²) in [5, 5.41) is 8.08. The average molecular weight is 516 g/mol. The molecule has 0 bridgehead atoms. The third-order valence-corrected chi connectivity index (χ3v) is 6.64. The van der Waals surface area contributed by atoms with Crippen molar-refractivity contribution in [3.63, 3.8) is 0 Å². The van der Waals surface area contributed by atoms with E-state index in [1.54, 1.807) is 42.0 Å². The van der Waals surface area contributed by atoms with Crippen LogP contribution in [0.2, 0.25) is 5.02 Å². The minimum absolute atomic E-state index is 0.0982. The lowest BCUT2D eigenvalue weighted by Gasteiger charge is -2.12. The van der Waals surface area contributed by atoms with Gasteiger partial charge in [0.15, 0.2) is 11.5 Å². The van der Waals surface area contributed by atoms with Crippen molar-refractivity contribution in [2.75, 3.05) is 25.3 Å². The molecule has 2 aromatic carbocycles. The highest BCUT2D eigenvalue weighted by atomic mass is 35.5. The lowest BCUT2D eigenvalue weighted by molar-refractivity contribution is -0.113. The molecule has 182 valence electrons. The summed E-state index contributed by atoms with van der Waals surface area (Å²) >= 11 is 7.41. The van der Waals surface area contributed by atoms with Crippen molar-refractivity contribution in [3.8, 4) is 11.5 Å². The van der Waals surface area contributed by atoms with Gasteiger partial charge >= 0.3 is 0 Å². The molecule has 0 fully saturated rings. The van der Waals surface area contributed by atoms with Crippen LogP contribution >= 0.6 is 23.4 Å². The molecule has 35 heavy (non-hydrogen) atoms. The summed E-state index contributed by atoms with van der Waals surface area (Å²) < 4.78 is 26.4. The zero-order valence-corrected chi connectivity index (χ0v) is 21.1. The number of hydrogen-bond donors (Lipinski definition) is 1. The summed E-state index contributed by atoms with van der Waals surface area (Å²) in [6, 6.07) is 9.75. The van der Waals surface area contributed by atoms with Crippen molar-refractivity contribution in [2.24, 2.45) is 0 Å². The van der Waals surface area contributed by atoms with Gasteiger partial charge in [-0.3, -0.25) is 4.79 Å². The monoisotopic (exact) mass is 515 g/mol. The maximum absolute atomic E-state index is 14.3. The molecule has 0 unspecified atom stereocenters. The van der Waals surface area contributed by atoms with Crippen LogP contribution in [0.15, 0.2) is 41.6 Å². The highest BCUT2D eigenvalue weighted by molar-refractivity contribution is 7.99. The van der Waals surface area contributed by atoms with Crippen LogP contribution in [0, 0.1) is 19.7 Å². The zero-order valence-electron chi connectivity index (χ0n) is 19.6. The van der Waals surface area contributed by atoms with E-state index >= 15 is 0 Å². The molecule has 2 heterocycles. The largest absolute Gasteiger partial charge is 0.493 e. The Morgan fingerprint density at radius 2 is 1.89 bits per heavy atom. The Kier molecular flexibility index (Phi) is 7.42. The molecule has 11 heteroatoms. The number of methoxy groups -OCH3 is 2. The van der Waals surface area contributed by atoms with Crippen LogP contribution in [0.4, 0.5) is 10.1 Å². The molecular weight excluding hydrogens is 493 g/mol. The third kappa shape index (κ3) is 5.33. The van der Waals surface area contributed by atoms with Gasteiger partial charge in [0.1, 0.15) is 5.82 Å². The van der Waals surface area contributed by atoms with Gasteiger partial charge in [-0.1, -0.05) is 29.4 Å². The van der Waals surface area contributed by atoms with Gasteiger partial charge in [-0.25, -0.2) is 13.9 Å². The van der Waals surface area contributed by atoms with Crippen LogP contribution < -0.4 is 14.8 Å². The number of ether oxygens (including phenoxy) is 2. The van der Waals surface area contributed by atoms with Crippen LogP contribution in [-0.2, 0) is 11.2 Å². The summed E-state index contributed by atoms with van der Waals surface area (Å²) in [4.78, 5) is 21.4. The Labute approximate surface area is 210 Å². The minimum atomic E-state index is -0.369. The molecule has 0 aliphatic rings. The Hall–Kier alpha value is -3.37. The molecule has 0 saturated carbocycles. The quantitative estimate of drug-likeness (QED) is 0.335. The van der Waals surface area contributed by atoms with Crippen LogP contribution in [0.25, 0.3) is 5.78 Å². The number of fused-ring (bicyclic) bond motifs is 1. The van der Waals surface area contributed by atoms with E-state index in [1.807, 2.05) is 13.8 Å². The summed E-state index contributed by atoms with van der Waals surface area (Å²) in [6.07, 6.45) is 0.280. The molecule has 0 aliphatic heterocycles. The lowest BCUT2D eigenvalue weighted by atomic mass is 10.0. The summed E-state index contributed by atoms with van der Waals surface area (Å²) in [5.41, 5.74) is 3.30. The second-order valence-corrected chi connectivity index (χ2v) is 9.00. The molecular formula is C24H23ClFN5O3S. The fraction of sp³-hybridized carbons (Fsp3) is 0.250. The van der Waals surface area contributed by atoms with Gasteiger partial charge < -0.3 is 14.8 Å². The highest BCUT2D eigenvalue weighted by Gasteiger charge is 2.18. The summed E-state index contributed by atoms with van der Waals surface area (Å²) in [7, 11) is 3.08. The minimum Gasteiger partial charge on any atom is -0.493 e. The van der Waals surface area contributed by atoms with Gasteiger partial charge in [0.25, 0.3) is 5.78 Å². The Morgan fingerprint density at radius 1 is 1.11 bits per heavy atom. The fourth-order valence-electron chi connectivity index (χ4n) is 3.63. The van der Waals surface area contributed by atoms with Crippen molar-refractivity contribution >= 4 is 40.7 Å². The van der Waals surface area contributed by atoms with Crippen LogP contribution in [0.5, 0.6) is 11.5 Å². The zero-order chi connectivity index (χ0) is 25.1. The number of anilines is 1. The predicted octanol–water partition coefficient (Wildman–Crippen LogP) is 4.87. The first-order chi connectivity index (χ1) is 16.8. The third-order valence-electron chi connectivity index (χ3n) is 5.44. The Morgan fingerprint density at radius 3 is 2.60 bits per heavy atom. The van der Waals surface area contributed by atoms with Crippen molar-refractivity contribution in [3.05, 3.63) is 69.8 Å². The van der Waals surface area contributed by atoms with E-state index in [2.05, 4.69) is 20.4 Å². The highest BCUT2D eigenvalue weighted by Crippen LogP contribution is 2.30. The van der Waals surface area contributed by atoms with Gasteiger partial charge in [-0.05, 0) is 43.7 Å². The topological polar surface area (TPSA) is 90.6 Å². The molecule has 8 nitrogen and oxygen atoms in total.